The van der Waals surface area contributed by atoms with Crippen molar-refractivity contribution in [2.45, 2.75) is 0 Å². The van der Waals surface area contributed by atoms with Crippen LogP contribution in [0.1, 0.15) is 0 Å². The van der Waals surface area contributed by atoms with Crippen LogP contribution in [0, 0.1) is 2.88 Å². The van der Waals surface area contributed by atoms with Crippen molar-refractivity contribution in [3.63, 3.8) is 0 Å². The van der Waals surface area contributed by atoms with Crippen LogP contribution in [0.5, 0.6) is 0 Å². The zero-order valence-electron chi connectivity index (χ0n) is 5.30. The average molecular weight is 278 g/mol. The molecule has 0 fully saturated rings. The topological polar surface area (TPSA) is 45.8 Å². The van der Waals surface area contributed by atoms with Crippen molar-refractivity contribution in [1.29, 1.82) is 0 Å². The van der Waals surface area contributed by atoms with E-state index in [1.165, 1.54) is 17.7 Å². The first-order chi connectivity index (χ1) is 5.27. The third-order valence-electron chi connectivity index (χ3n) is 1.30. The second-order valence-corrected chi connectivity index (χ2v) is 4.93. The Bertz CT molecular complexity index is 447. The van der Waals surface area contributed by atoms with Crippen LogP contribution >= 0.6 is 33.9 Å². The van der Waals surface area contributed by atoms with Crippen molar-refractivity contribution < 1.29 is 0 Å². The van der Waals surface area contributed by atoms with Crippen LogP contribution in [0.25, 0.3) is 10.2 Å². The van der Waals surface area contributed by atoms with Crippen LogP contribution in [0.2, 0.25) is 0 Å². The largest absolute Gasteiger partial charge is 0.313 e. The summed E-state index contributed by atoms with van der Waals surface area (Å²) in [5.41, 5.74) is -0.0610. The Morgan fingerprint density at radius 2 is 2.45 bits per heavy atom. The van der Waals surface area contributed by atoms with Gasteiger partial charge in [-0.1, -0.05) is 0 Å². The van der Waals surface area contributed by atoms with E-state index in [0.29, 0.717) is 5.39 Å². The van der Waals surface area contributed by atoms with Gasteiger partial charge < -0.3 is 4.98 Å². The van der Waals surface area contributed by atoms with E-state index in [1.807, 2.05) is 6.07 Å². The number of hydrogen-bond donors (Lipinski definition) is 1. The molecule has 0 saturated heterocycles. The third kappa shape index (κ3) is 1.18. The highest BCUT2D eigenvalue weighted by atomic mass is 127. The molecule has 0 radical (unpaired) electrons. The Morgan fingerprint density at radius 1 is 1.64 bits per heavy atom. The van der Waals surface area contributed by atoms with Crippen molar-refractivity contribution in [2.24, 2.45) is 0 Å². The number of nitrogens with one attached hydrogen (secondary N) is 1. The first-order valence-corrected chi connectivity index (χ1v) is 4.79. The number of nitrogens with zero attached hydrogens (tertiary/aromatic N) is 1. The molecule has 0 atom stereocenters. The highest BCUT2D eigenvalue weighted by molar-refractivity contribution is 14.1. The predicted octanol–water partition coefficient (Wildman–Crippen LogP) is 1.59. The summed E-state index contributed by atoms with van der Waals surface area (Å²) in [6.07, 6.45) is 1.43. The van der Waals surface area contributed by atoms with Crippen molar-refractivity contribution in [2.75, 3.05) is 0 Å². The number of aromatic amines is 1. The molecule has 0 unspecified atom stereocenters. The summed E-state index contributed by atoms with van der Waals surface area (Å²) >= 11 is 3.70. The number of hydrogen-bond acceptors (Lipinski definition) is 3. The molecule has 56 valence electrons. The number of rotatable bonds is 0. The van der Waals surface area contributed by atoms with Gasteiger partial charge in [-0.25, -0.2) is 4.98 Å². The van der Waals surface area contributed by atoms with E-state index in [-0.39, 0.29) is 5.56 Å². The molecule has 0 aliphatic rings. The maximum absolute atomic E-state index is 11.1. The minimum Gasteiger partial charge on any atom is -0.313 e. The van der Waals surface area contributed by atoms with Gasteiger partial charge in [0.05, 0.1) is 14.6 Å². The van der Waals surface area contributed by atoms with Gasteiger partial charge in [-0.3, -0.25) is 4.79 Å². The van der Waals surface area contributed by atoms with Gasteiger partial charge in [0.1, 0.15) is 4.83 Å². The van der Waals surface area contributed by atoms with E-state index < -0.39 is 0 Å². The first-order valence-electron chi connectivity index (χ1n) is 2.90. The zero-order chi connectivity index (χ0) is 7.84. The number of fused-ring (bicyclic) bond motifs is 1. The summed E-state index contributed by atoms with van der Waals surface area (Å²) in [6, 6.07) is 1.84. The van der Waals surface area contributed by atoms with E-state index in [2.05, 4.69) is 32.6 Å². The van der Waals surface area contributed by atoms with Gasteiger partial charge in [-0.05, 0) is 28.7 Å². The molecule has 0 aliphatic heterocycles. The molecule has 2 heterocycles. The summed E-state index contributed by atoms with van der Waals surface area (Å²) in [4.78, 5) is 18.4. The maximum atomic E-state index is 11.1. The van der Waals surface area contributed by atoms with Gasteiger partial charge >= 0.3 is 0 Å². The molecule has 0 bridgehead atoms. The van der Waals surface area contributed by atoms with Crippen molar-refractivity contribution >= 4 is 44.1 Å². The monoisotopic (exact) mass is 278 g/mol. The Kier molecular flexibility index (Phi) is 1.68. The van der Waals surface area contributed by atoms with E-state index >= 15 is 0 Å². The summed E-state index contributed by atoms with van der Waals surface area (Å²) in [5, 5.41) is 0.682. The third-order valence-corrected chi connectivity index (χ3v) is 3.11. The normalized spacial score (nSPS) is 10.6. The summed E-state index contributed by atoms with van der Waals surface area (Å²) in [5.74, 6) is 0. The van der Waals surface area contributed by atoms with E-state index in [0.717, 1.165) is 7.71 Å². The summed E-state index contributed by atoms with van der Waals surface area (Å²) in [7, 11) is 0. The van der Waals surface area contributed by atoms with Gasteiger partial charge in [0.2, 0.25) is 0 Å². The first kappa shape index (κ1) is 7.23. The fourth-order valence-corrected chi connectivity index (χ4v) is 2.50. The Balaban J connectivity index is 3.02. The minimum absolute atomic E-state index is 0.0610. The lowest BCUT2D eigenvalue weighted by atomic mass is 10.4. The molecule has 2 aromatic rings. The summed E-state index contributed by atoms with van der Waals surface area (Å²) in [6.45, 7) is 0. The van der Waals surface area contributed by atoms with Crippen LogP contribution in [0.3, 0.4) is 0 Å². The Hall–Kier alpha value is -0.430. The molecule has 0 amide bonds. The van der Waals surface area contributed by atoms with Crippen molar-refractivity contribution in [1.82, 2.24) is 9.97 Å². The standard InChI is InChI=1S/C6H3IN2OS/c7-4-1-3-5(10)8-2-9-6(3)11-4/h1-2H,(H,8,9,10). The smallest absolute Gasteiger partial charge is 0.259 e. The molecular weight excluding hydrogens is 275 g/mol. The molecule has 0 aliphatic carbocycles. The predicted molar refractivity (Wildman–Crippen MR) is 53.0 cm³/mol. The number of H-pyrrole nitrogens is 1. The molecule has 5 heteroatoms. The number of aromatic nitrogens is 2. The van der Waals surface area contributed by atoms with Crippen molar-refractivity contribution in [3.8, 4) is 0 Å². The lowest BCUT2D eigenvalue weighted by molar-refractivity contribution is 1.18. The summed E-state index contributed by atoms with van der Waals surface area (Å²) < 4.78 is 1.09. The average Bonchev–Trinajstić information content (AvgIpc) is 2.31. The molecular formula is C6H3IN2OS. The SMILES string of the molecule is O=c1[nH]cnc2sc(I)cc12. The molecule has 1 N–H and O–H groups in total. The maximum Gasteiger partial charge on any atom is 0.259 e. The highest BCUT2D eigenvalue weighted by Gasteiger charge is 2.02. The molecule has 2 rings (SSSR count). The quantitative estimate of drug-likeness (QED) is 0.744. The van der Waals surface area contributed by atoms with Gasteiger partial charge in [0.25, 0.3) is 5.56 Å². The van der Waals surface area contributed by atoms with Gasteiger partial charge in [-0.2, -0.15) is 0 Å². The molecule has 0 aromatic carbocycles. The molecule has 11 heavy (non-hydrogen) atoms. The van der Waals surface area contributed by atoms with Crippen LogP contribution in [0.15, 0.2) is 17.2 Å². The van der Waals surface area contributed by atoms with Crippen LogP contribution in [0.4, 0.5) is 0 Å². The van der Waals surface area contributed by atoms with E-state index in [9.17, 15) is 4.79 Å². The van der Waals surface area contributed by atoms with E-state index in [4.69, 9.17) is 0 Å². The second-order valence-electron chi connectivity index (χ2n) is 2.00. The lowest BCUT2D eigenvalue weighted by Crippen LogP contribution is -2.03. The fourth-order valence-electron chi connectivity index (χ4n) is 0.838. The van der Waals surface area contributed by atoms with Crippen LogP contribution in [-0.2, 0) is 0 Å². The molecule has 3 nitrogen and oxygen atoms in total. The van der Waals surface area contributed by atoms with Crippen LogP contribution in [-0.4, -0.2) is 9.97 Å². The number of thiophene rings is 1. The Morgan fingerprint density at radius 3 is 3.18 bits per heavy atom. The number of halogens is 1. The molecule has 0 saturated carbocycles. The van der Waals surface area contributed by atoms with Gasteiger partial charge in [-0.15, -0.1) is 11.3 Å². The Labute approximate surface area is 79.6 Å². The van der Waals surface area contributed by atoms with Crippen LogP contribution < -0.4 is 5.56 Å². The molecule has 2 aromatic heterocycles. The molecule has 0 spiro atoms. The van der Waals surface area contributed by atoms with Gasteiger partial charge in [0.15, 0.2) is 0 Å². The van der Waals surface area contributed by atoms with E-state index in [1.54, 1.807) is 0 Å². The fraction of sp³-hybridized carbons (Fsp3) is 0. The van der Waals surface area contributed by atoms with Gasteiger partial charge in [0, 0.05) is 0 Å². The second kappa shape index (κ2) is 2.56. The minimum atomic E-state index is -0.0610. The van der Waals surface area contributed by atoms with Crippen molar-refractivity contribution in [3.05, 3.63) is 25.6 Å². The highest BCUT2D eigenvalue weighted by Crippen LogP contribution is 2.21. The zero-order valence-corrected chi connectivity index (χ0v) is 8.27. The lowest BCUT2D eigenvalue weighted by Gasteiger charge is -1.82.